The van der Waals surface area contributed by atoms with E-state index in [1.54, 1.807) is 12.1 Å². The van der Waals surface area contributed by atoms with E-state index in [-0.39, 0.29) is 0 Å². The maximum absolute atomic E-state index is 12.7. The zero-order valence-electron chi connectivity index (χ0n) is 13.3. The van der Waals surface area contributed by atoms with Crippen molar-refractivity contribution >= 4 is 0 Å². The van der Waals surface area contributed by atoms with Gasteiger partial charge in [0.1, 0.15) is 0 Å². The van der Waals surface area contributed by atoms with Gasteiger partial charge in [-0.25, -0.2) is 0 Å². The third-order valence-electron chi connectivity index (χ3n) is 6.47. The molecule has 1 saturated heterocycles. The molecule has 3 fully saturated rings. The minimum absolute atomic E-state index is 0.449. The number of alkyl halides is 3. The summed E-state index contributed by atoms with van der Waals surface area (Å²) in [6, 6.07) is 5.92. The summed E-state index contributed by atoms with van der Waals surface area (Å²) in [7, 11) is 0. The number of nitrogens with one attached hydrogen (secondary N) is 1. The molecule has 2 bridgehead atoms. The summed E-state index contributed by atoms with van der Waals surface area (Å²) < 4.78 is 38.1. The van der Waals surface area contributed by atoms with Crippen LogP contribution in [0.15, 0.2) is 24.3 Å². The van der Waals surface area contributed by atoms with Gasteiger partial charge in [0, 0.05) is 0 Å². The molecule has 1 aromatic carbocycles. The van der Waals surface area contributed by atoms with E-state index in [1.807, 2.05) is 0 Å². The Hall–Kier alpha value is -1.03. The second-order valence-corrected chi connectivity index (χ2v) is 7.81. The van der Waals surface area contributed by atoms with Crippen LogP contribution in [0, 0.1) is 23.7 Å². The predicted octanol–water partition coefficient (Wildman–Crippen LogP) is 4.83. The molecule has 2 saturated carbocycles. The van der Waals surface area contributed by atoms with Crippen molar-refractivity contribution in [2.75, 3.05) is 13.1 Å². The number of hydrogen-bond donors (Lipinski definition) is 1. The van der Waals surface area contributed by atoms with Crippen LogP contribution in [0.4, 0.5) is 13.2 Å². The summed E-state index contributed by atoms with van der Waals surface area (Å²) in [5, 5.41) is 3.58. The number of hydrogen-bond acceptors (Lipinski definition) is 1. The molecule has 0 amide bonds. The van der Waals surface area contributed by atoms with Gasteiger partial charge in [-0.05, 0) is 92.5 Å². The fourth-order valence-electron chi connectivity index (χ4n) is 5.43. The lowest BCUT2D eigenvalue weighted by Gasteiger charge is -2.49. The zero-order chi connectivity index (χ0) is 16.0. The van der Waals surface area contributed by atoms with Gasteiger partial charge in [0.2, 0.25) is 0 Å². The van der Waals surface area contributed by atoms with Crippen LogP contribution in [-0.4, -0.2) is 13.1 Å². The van der Waals surface area contributed by atoms with Gasteiger partial charge in [-0.1, -0.05) is 12.1 Å². The predicted molar refractivity (Wildman–Crippen MR) is 84.1 cm³/mol. The molecule has 1 nitrogen and oxygen atoms in total. The van der Waals surface area contributed by atoms with Crippen molar-refractivity contribution in [3.63, 3.8) is 0 Å². The summed E-state index contributed by atoms with van der Waals surface area (Å²) in [4.78, 5) is 0. The molecule has 3 aliphatic rings. The fraction of sp³-hybridized carbons (Fsp3) is 0.684. The van der Waals surface area contributed by atoms with Crippen LogP contribution in [0.25, 0.3) is 0 Å². The van der Waals surface area contributed by atoms with Crippen LogP contribution in [0.1, 0.15) is 49.1 Å². The largest absolute Gasteiger partial charge is 0.416 e. The third kappa shape index (κ3) is 3.02. The summed E-state index contributed by atoms with van der Waals surface area (Å²) in [6.07, 6.45) is 2.01. The highest BCUT2D eigenvalue weighted by molar-refractivity contribution is 5.27. The van der Waals surface area contributed by atoms with E-state index in [0.29, 0.717) is 5.92 Å². The molecule has 1 heterocycles. The molecule has 5 unspecified atom stereocenters. The summed E-state index contributed by atoms with van der Waals surface area (Å²) in [6.45, 7) is 2.33. The lowest BCUT2D eigenvalue weighted by molar-refractivity contribution is -0.137. The van der Waals surface area contributed by atoms with Crippen LogP contribution in [-0.2, 0) is 6.18 Å². The average Bonchev–Trinajstić information content (AvgIpc) is 2.54. The number of piperidine rings is 1. The van der Waals surface area contributed by atoms with Crippen molar-refractivity contribution < 1.29 is 13.2 Å². The highest BCUT2D eigenvalue weighted by Crippen LogP contribution is 2.50. The Bertz CT molecular complexity index is 551. The van der Waals surface area contributed by atoms with Crippen molar-refractivity contribution in [3.05, 3.63) is 35.4 Å². The Labute approximate surface area is 135 Å². The molecule has 1 aromatic rings. The molecule has 2 aliphatic carbocycles. The highest BCUT2D eigenvalue weighted by Gasteiger charge is 2.42. The lowest BCUT2D eigenvalue weighted by atomic mass is 9.58. The SMILES string of the molecule is FC(F)(F)c1ccc(C2CCC3C4CNCC(C4)CC3C2)cc1. The summed E-state index contributed by atoms with van der Waals surface area (Å²) in [5.41, 5.74) is 0.568. The van der Waals surface area contributed by atoms with Crippen molar-refractivity contribution in [2.45, 2.75) is 44.2 Å². The Morgan fingerprint density at radius 1 is 0.870 bits per heavy atom. The van der Waals surface area contributed by atoms with Gasteiger partial charge in [0.05, 0.1) is 5.56 Å². The molecule has 4 heteroatoms. The molecule has 1 N–H and O–H groups in total. The first kappa shape index (κ1) is 15.5. The third-order valence-corrected chi connectivity index (χ3v) is 6.47. The van der Waals surface area contributed by atoms with E-state index in [1.165, 1.54) is 44.4 Å². The van der Waals surface area contributed by atoms with Gasteiger partial charge in [0.15, 0.2) is 0 Å². The van der Waals surface area contributed by atoms with Crippen molar-refractivity contribution in [3.8, 4) is 0 Å². The van der Waals surface area contributed by atoms with E-state index in [0.717, 1.165) is 42.2 Å². The van der Waals surface area contributed by atoms with Gasteiger partial charge in [-0.15, -0.1) is 0 Å². The van der Waals surface area contributed by atoms with Crippen molar-refractivity contribution in [2.24, 2.45) is 23.7 Å². The second-order valence-electron chi connectivity index (χ2n) is 7.81. The molecular weight excluding hydrogens is 299 g/mol. The van der Waals surface area contributed by atoms with E-state index in [4.69, 9.17) is 0 Å². The molecule has 0 spiro atoms. The molecular formula is C19H24F3N. The Kier molecular flexibility index (Phi) is 3.91. The molecule has 126 valence electrons. The molecule has 23 heavy (non-hydrogen) atoms. The molecule has 1 aliphatic heterocycles. The van der Waals surface area contributed by atoms with Gasteiger partial charge in [-0.3, -0.25) is 0 Å². The number of rotatable bonds is 1. The van der Waals surface area contributed by atoms with Gasteiger partial charge in [0.25, 0.3) is 0 Å². The molecule has 0 radical (unpaired) electrons. The first-order valence-electron chi connectivity index (χ1n) is 8.88. The Morgan fingerprint density at radius 2 is 1.61 bits per heavy atom. The molecule has 0 aromatic heterocycles. The van der Waals surface area contributed by atoms with Crippen LogP contribution in [0.5, 0.6) is 0 Å². The minimum Gasteiger partial charge on any atom is -0.316 e. The number of halogens is 3. The van der Waals surface area contributed by atoms with E-state index >= 15 is 0 Å². The van der Waals surface area contributed by atoms with Gasteiger partial charge >= 0.3 is 6.18 Å². The van der Waals surface area contributed by atoms with Crippen LogP contribution < -0.4 is 5.32 Å². The summed E-state index contributed by atoms with van der Waals surface area (Å²) in [5.74, 6) is 3.72. The first-order valence-corrected chi connectivity index (χ1v) is 8.88. The number of benzene rings is 1. The Balaban J connectivity index is 1.47. The maximum Gasteiger partial charge on any atom is 0.416 e. The molecule has 5 atom stereocenters. The highest BCUT2D eigenvalue weighted by atomic mass is 19.4. The van der Waals surface area contributed by atoms with Crippen LogP contribution >= 0.6 is 0 Å². The Morgan fingerprint density at radius 3 is 2.35 bits per heavy atom. The monoisotopic (exact) mass is 323 g/mol. The lowest BCUT2D eigenvalue weighted by Crippen LogP contribution is -2.48. The minimum atomic E-state index is -4.23. The number of fused-ring (bicyclic) bond motifs is 4. The zero-order valence-corrected chi connectivity index (χ0v) is 13.3. The van der Waals surface area contributed by atoms with Crippen LogP contribution in [0.3, 0.4) is 0 Å². The van der Waals surface area contributed by atoms with Crippen molar-refractivity contribution in [1.29, 1.82) is 0 Å². The van der Waals surface area contributed by atoms with E-state index < -0.39 is 11.7 Å². The maximum atomic E-state index is 12.7. The standard InChI is InChI=1S/C19H24F3N/c20-19(21,22)17-4-1-13(2-5-17)14-3-6-18-15(9-14)7-12-8-16(18)11-23-10-12/h1-2,4-5,12,14-16,18,23H,3,6-11H2. The second kappa shape index (κ2) is 5.80. The van der Waals surface area contributed by atoms with E-state index in [9.17, 15) is 13.2 Å². The van der Waals surface area contributed by atoms with Gasteiger partial charge < -0.3 is 5.32 Å². The molecule has 4 rings (SSSR count). The normalized spacial score (nSPS) is 37.3. The van der Waals surface area contributed by atoms with Crippen LogP contribution in [0.2, 0.25) is 0 Å². The van der Waals surface area contributed by atoms with E-state index in [2.05, 4.69) is 5.32 Å². The quantitative estimate of drug-likeness (QED) is 0.780. The van der Waals surface area contributed by atoms with Crippen molar-refractivity contribution in [1.82, 2.24) is 5.32 Å². The van der Waals surface area contributed by atoms with Gasteiger partial charge in [-0.2, -0.15) is 13.2 Å². The average molecular weight is 323 g/mol. The first-order chi connectivity index (χ1) is 11.0. The topological polar surface area (TPSA) is 12.0 Å². The smallest absolute Gasteiger partial charge is 0.316 e. The fourth-order valence-corrected chi connectivity index (χ4v) is 5.43. The summed E-state index contributed by atoms with van der Waals surface area (Å²) >= 11 is 0.